The van der Waals surface area contributed by atoms with E-state index in [1.165, 1.54) is 0 Å². The smallest absolute Gasteiger partial charge is 1.00 e. The van der Waals surface area contributed by atoms with Crippen molar-refractivity contribution in [3.63, 3.8) is 0 Å². The topological polar surface area (TPSA) is 135 Å². The van der Waals surface area contributed by atoms with Gasteiger partial charge < -0.3 is 6.53 Å². The number of carboxylic acid groups (broad SMARTS) is 1. The molecular weight excluding hydrogens is 265 g/mol. The Bertz CT molecular complexity index is 573. The summed E-state index contributed by atoms with van der Waals surface area (Å²) in [5.74, 6) is -1.61. The van der Waals surface area contributed by atoms with Crippen LogP contribution in [0.15, 0.2) is 23.1 Å². The molecule has 88 valence electrons. The number of benzene rings is 1. The molecule has 0 unspecified atom stereocenters. The van der Waals surface area contributed by atoms with Crippen LogP contribution < -0.4 is 29.6 Å². The Morgan fingerprint density at radius 2 is 1.94 bits per heavy atom. The Labute approximate surface area is 119 Å². The van der Waals surface area contributed by atoms with Crippen molar-refractivity contribution in [2.75, 3.05) is 0 Å². The molecule has 8 nitrogen and oxygen atoms in total. The summed E-state index contributed by atoms with van der Waals surface area (Å²) in [5.41, 5.74) is -1.36. The van der Waals surface area contributed by atoms with Crippen LogP contribution in [0.2, 0.25) is 0 Å². The zero-order valence-corrected chi connectivity index (χ0v) is 11.3. The predicted octanol–water partition coefficient (Wildman–Crippen LogP) is -2.34. The number of rotatable bonds is 3. The minimum atomic E-state index is -4.82. The van der Waals surface area contributed by atoms with Gasteiger partial charge in [0.1, 0.15) is 4.90 Å². The molecular formula is C7H6NNaO7S. The van der Waals surface area contributed by atoms with Crippen molar-refractivity contribution < 1.29 is 58.8 Å². The molecule has 0 spiro atoms. The molecule has 0 aliphatic rings. The standard InChI is InChI=1S/C7H5NO7S.Na.H/c9-7(10)5-2-1-4(8(11)12)3-6(5)16(13,14)15;;/h1-3H,(H,9,10)(H,13,14,15);;/q;+1;-1. The van der Waals surface area contributed by atoms with Gasteiger partial charge in [0.15, 0.2) is 0 Å². The Balaban J connectivity index is 0. The van der Waals surface area contributed by atoms with E-state index >= 15 is 0 Å². The van der Waals surface area contributed by atoms with E-state index < -0.39 is 37.2 Å². The van der Waals surface area contributed by atoms with Crippen LogP contribution in [0.3, 0.4) is 0 Å². The first kappa shape index (κ1) is 16.0. The zero-order chi connectivity index (χ0) is 12.5. The SMILES string of the molecule is O=C(O)c1ccc([N+](=O)[O-])cc1S(=O)(=O)O.[H-].[Na+]. The Morgan fingerprint density at radius 1 is 1.41 bits per heavy atom. The van der Waals surface area contributed by atoms with Crippen molar-refractivity contribution in [2.45, 2.75) is 4.90 Å². The Morgan fingerprint density at radius 3 is 2.29 bits per heavy atom. The summed E-state index contributed by atoms with van der Waals surface area (Å²) in [5, 5.41) is 19.0. The molecule has 0 saturated heterocycles. The summed E-state index contributed by atoms with van der Waals surface area (Å²) in [6, 6.07) is 2.06. The maximum absolute atomic E-state index is 10.8. The van der Waals surface area contributed by atoms with E-state index in [1.807, 2.05) is 0 Å². The van der Waals surface area contributed by atoms with Gasteiger partial charge in [-0.3, -0.25) is 14.7 Å². The van der Waals surface area contributed by atoms with Crippen LogP contribution in [0.5, 0.6) is 0 Å². The molecule has 1 rings (SSSR count). The van der Waals surface area contributed by atoms with Gasteiger partial charge in [0.05, 0.1) is 10.5 Å². The van der Waals surface area contributed by atoms with E-state index in [9.17, 15) is 23.3 Å². The van der Waals surface area contributed by atoms with Crippen LogP contribution >= 0.6 is 0 Å². The zero-order valence-electron chi connectivity index (χ0n) is 9.52. The van der Waals surface area contributed by atoms with Gasteiger partial charge in [-0.05, 0) is 6.07 Å². The largest absolute Gasteiger partial charge is 1.00 e. The second-order valence-electron chi connectivity index (χ2n) is 2.72. The van der Waals surface area contributed by atoms with E-state index in [0.29, 0.717) is 6.07 Å². The van der Waals surface area contributed by atoms with Gasteiger partial charge in [-0.1, -0.05) is 0 Å². The van der Waals surface area contributed by atoms with Gasteiger partial charge in [0, 0.05) is 12.1 Å². The van der Waals surface area contributed by atoms with Gasteiger partial charge in [-0.2, -0.15) is 8.42 Å². The fraction of sp³-hybridized carbons (Fsp3) is 0. The number of nitrogens with zero attached hydrogens (tertiary/aromatic N) is 1. The van der Waals surface area contributed by atoms with Crippen LogP contribution in [0.25, 0.3) is 0 Å². The first-order chi connectivity index (χ1) is 7.23. The molecule has 0 heterocycles. The quantitative estimate of drug-likeness (QED) is 0.272. The fourth-order valence-electron chi connectivity index (χ4n) is 1.01. The first-order valence-electron chi connectivity index (χ1n) is 3.72. The molecule has 10 heteroatoms. The number of nitro groups is 1. The van der Waals surface area contributed by atoms with Crippen LogP contribution in [-0.2, 0) is 10.1 Å². The molecule has 0 fully saturated rings. The number of non-ortho nitro benzene ring substituents is 1. The molecule has 0 atom stereocenters. The van der Waals surface area contributed by atoms with E-state index in [-0.39, 0.29) is 31.0 Å². The maximum atomic E-state index is 10.8. The van der Waals surface area contributed by atoms with Crippen LogP contribution in [-0.4, -0.2) is 29.0 Å². The van der Waals surface area contributed by atoms with Crippen molar-refractivity contribution >= 4 is 21.8 Å². The van der Waals surface area contributed by atoms with Crippen LogP contribution in [0, 0.1) is 10.1 Å². The Hall–Kier alpha value is -1.000. The van der Waals surface area contributed by atoms with E-state index in [4.69, 9.17) is 9.66 Å². The second-order valence-corrected chi connectivity index (χ2v) is 4.11. The molecule has 0 amide bonds. The number of carboxylic acids is 1. The summed E-state index contributed by atoms with van der Waals surface area (Å²) in [6.45, 7) is 0. The molecule has 0 saturated carbocycles. The summed E-state index contributed by atoms with van der Waals surface area (Å²) < 4.78 is 30.3. The van der Waals surface area contributed by atoms with Crippen molar-refractivity contribution in [2.24, 2.45) is 0 Å². The summed E-state index contributed by atoms with van der Waals surface area (Å²) in [6.07, 6.45) is 0. The second kappa shape index (κ2) is 5.56. The van der Waals surface area contributed by atoms with E-state index in [2.05, 4.69) is 0 Å². The molecule has 1 aromatic carbocycles. The van der Waals surface area contributed by atoms with Crippen molar-refractivity contribution in [1.82, 2.24) is 0 Å². The van der Waals surface area contributed by atoms with Crippen molar-refractivity contribution in [3.8, 4) is 0 Å². The first-order valence-corrected chi connectivity index (χ1v) is 5.16. The van der Waals surface area contributed by atoms with Crippen LogP contribution in [0.4, 0.5) is 5.69 Å². The van der Waals surface area contributed by atoms with E-state index in [1.54, 1.807) is 0 Å². The summed E-state index contributed by atoms with van der Waals surface area (Å²) in [4.78, 5) is 19.0. The van der Waals surface area contributed by atoms with Crippen molar-refractivity contribution in [1.29, 1.82) is 0 Å². The monoisotopic (exact) mass is 271 g/mol. The van der Waals surface area contributed by atoms with E-state index in [0.717, 1.165) is 12.1 Å². The van der Waals surface area contributed by atoms with Gasteiger partial charge >= 0.3 is 35.5 Å². The normalized spacial score (nSPS) is 10.4. The number of carbonyl (C=O) groups is 1. The third-order valence-corrected chi connectivity index (χ3v) is 2.58. The maximum Gasteiger partial charge on any atom is 1.00 e. The third-order valence-electron chi connectivity index (χ3n) is 1.68. The molecule has 0 aromatic heterocycles. The predicted molar refractivity (Wildman–Crippen MR) is 51.0 cm³/mol. The van der Waals surface area contributed by atoms with Gasteiger partial charge in [0.25, 0.3) is 15.8 Å². The van der Waals surface area contributed by atoms with Gasteiger partial charge in [0.2, 0.25) is 0 Å². The minimum absolute atomic E-state index is 0. The molecule has 17 heavy (non-hydrogen) atoms. The molecule has 0 bridgehead atoms. The summed E-state index contributed by atoms with van der Waals surface area (Å²) in [7, 11) is -4.82. The molecule has 1 aromatic rings. The average Bonchev–Trinajstić information content (AvgIpc) is 2.15. The number of hydrogen-bond donors (Lipinski definition) is 2. The average molecular weight is 271 g/mol. The van der Waals surface area contributed by atoms with Gasteiger partial charge in [-0.25, -0.2) is 4.79 Å². The summed E-state index contributed by atoms with van der Waals surface area (Å²) >= 11 is 0. The molecule has 0 aliphatic carbocycles. The Kier molecular flexibility index (Phi) is 5.23. The molecule has 0 aliphatic heterocycles. The van der Waals surface area contributed by atoms with Crippen molar-refractivity contribution in [3.05, 3.63) is 33.9 Å². The number of nitro benzene ring substituents is 1. The van der Waals surface area contributed by atoms with Crippen LogP contribution in [0.1, 0.15) is 11.8 Å². The molecule has 2 N–H and O–H groups in total. The number of aromatic carboxylic acids is 1. The van der Waals surface area contributed by atoms with Gasteiger partial charge in [-0.15, -0.1) is 0 Å². The number of hydrogen-bond acceptors (Lipinski definition) is 5. The third kappa shape index (κ3) is 3.75. The minimum Gasteiger partial charge on any atom is -1.00 e. The fourth-order valence-corrected chi connectivity index (χ4v) is 1.72. The molecule has 0 radical (unpaired) electrons.